The summed E-state index contributed by atoms with van der Waals surface area (Å²) in [6, 6.07) is 23.1. The van der Waals surface area contributed by atoms with E-state index in [-0.39, 0.29) is 0 Å². The van der Waals surface area contributed by atoms with Gasteiger partial charge in [-0.25, -0.2) is 37.8 Å². The number of nitrogens with one attached hydrogen (secondary N) is 2. The summed E-state index contributed by atoms with van der Waals surface area (Å²) in [7, 11) is 10.8. The number of hydrogen-bond donors (Lipinski definition) is 2. The third kappa shape index (κ3) is 6.11. The Morgan fingerprint density at radius 3 is 1.60 bits per heavy atom. The summed E-state index contributed by atoms with van der Waals surface area (Å²) in [6.45, 7) is 0. The molecule has 0 fully saturated rings. The zero-order valence-corrected chi connectivity index (χ0v) is 32.9. The molecule has 0 radical (unpaired) electrons. The Morgan fingerprint density at radius 1 is 0.569 bits per heavy atom. The van der Waals surface area contributed by atoms with E-state index < -0.39 is 11.9 Å². The van der Waals surface area contributed by atoms with Crippen molar-refractivity contribution in [3.05, 3.63) is 131 Å². The number of rotatable bonds is 6. The predicted molar refractivity (Wildman–Crippen MR) is 224 cm³/mol. The summed E-state index contributed by atoms with van der Waals surface area (Å²) in [5.41, 5.74) is 12.7. The summed E-state index contributed by atoms with van der Waals surface area (Å²) < 4.78 is 18.3. The number of aromatic nitrogens is 8. The van der Waals surface area contributed by atoms with E-state index >= 15 is 0 Å². The normalized spacial score (nSPS) is 12.0. The summed E-state index contributed by atoms with van der Waals surface area (Å²) in [5, 5.41) is 0. The van der Waals surface area contributed by atoms with Crippen LogP contribution in [-0.4, -0.2) is 55.2 Å². The number of fused-ring (bicyclic) bond motifs is 8. The van der Waals surface area contributed by atoms with E-state index in [9.17, 15) is 9.59 Å². The van der Waals surface area contributed by atoms with Crippen LogP contribution in [0.15, 0.2) is 97.6 Å². The Bertz CT molecular complexity index is 3010. The van der Waals surface area contributed by atoms with Gasteiger partial charge in [-0.05, 0) is 84.0 Å². The number of benzene rings is 2. The Kier molecular flexibility index (Phi) is 8.80. The van der Waals surface area contributed by atoms with Crippen LogP contribution in [0, 0.1) is 0 Å². The van der Waals surface area contributed by atoms with E-state index in [1.165, 1.54) is 14.2 Å². The molecule has 12 nitrogen and oxygen atoms in total. The van der Waals surface area contributed by atoms with E-state index in [4.69, 9.17) is 19.4 Å². The first-order chi connectivity index (χ1) is 28.1. The molecule has 0 unspecified atom stereocenters. The number of imidazole rings is 2. The first-order valence-electron chi connectivity index (χ1n) is 18.7. The molecule has 12 heteroatoms. The molecule has 7 aromatic rings. The molecule has 7 heterocycles. The molecule has 58 heavy (non-hydrogen) atoms. The molecule has 0 saturated carbocycles. The van der Waals surface area contributed by atoms with Gasteiger partial charge in [-0.2, -0.15) is 0 Å². The minimum absolute atomic E-state index is 0.396. The van der Waals surface area contributed by atoms with Gasteiger partial charge in [0.25, 0.3) is 11.6 Å². The first kappa shape index (κ1) is 36.1. The molecule has 0 saturated heterocycles. The van der Waals surface area contributed by atoms with Crippen molar-refractivity contribution >= 4 is 58.3 Å². The third-order valence-electron chi connectivity index (χ3n) is 10.7. The third-order valence-corrected chi connectivity index (χ3v) is 10.7. The highest BCUT2D eigenvalue weighted by molar-refractivity contribution is 5.99. The van der Waals surface area contributed by atoms with Crippen molar-refractivity contribution in [1.82, 2.24) is 29.1 Å². The number of nitrogens with zero attached hydrogens (tertiary/aromatic N) is 6. The van der Waals surface area contributed by atoms with Crippen LogP contribution >= 0.6 is 0 Å². The fraction of sp³-hybridized carbons (Fsp3) is 0.130. The average molecular weight is 769 g/mol. The number of carbonyl (C=O) groups excluding carboxylic acids is 2. The molecule has 286 valence electrons. The zero-order chi connectivity index (χ0) is 40.2. The molecule has 0 aliphatic carbocycles. The van der Waals surface area contributed by atoms with Gasteiger partial charge in [-0.1, -0.05) is 24.3 Å². The van der Waals surface area contributed by atoms with Crippen LogP contribution < -0.4 is 9.13 Å². The Hall–Kier alpha value is -7.60. The van der Waals surface area contributed by atoms with Crippen LogP contribution in [0.2, 0.25) is 0 Å². The van der Waals surface area contributed by atoms with Crippen molar-refractivity contribution < 1.29 is 28.2 Å². The first-order valence-corrected chi connectivity index (χ1v) is 18.7. The molecule has 2 N–H and O–H groups in total. The fourth-order valence-electron chi connectivity index (χ4n) is 7.90. The van der Waals surface area contributed by atoms with Crippen LogP contribution in [0.5, 0.6) is 0 Å². The number of methoxy groups -OCH3 is 2. The topological polar surface area (TPSA) is 128 Å². The van der Waals surface area contributed by atoms with Gasteiger partial charge in [0.1, 0.15) is 35.9 Å². The van der Waals surface area contributed by atoms with Gasteiger partial charge >= 0.3 is 11.9 Å². The van der Waals surface area contributed by atoms with E-state index in [2.05, 4.69) is 52.5 Å². The fourth-order valence-corrected chi connectivity index (χ4v) is 7.90. The number of hydrogen-bond acceptors (Lipinski definition) is 6. The lowest BCUT2D eigenvalue weighted by atomic mass is 10.0. The zero-order valence-electron chi connectivity index (χ0n) is 32.9. The maximum atomic E-state index is 12.5. The highest BCUT2D eigenvalue weighted by Crippen LogP contribution is 2.37. The van der Waals surface area contributed by atoms with E-state index in [1.54, 1.807) is 24.3 Å². The highest BCUT2D eigenvalue weighted by atomic mass is 16.5. The quantitative estimate of drug-likeness (QED) is 0.136. The lowest BCUT2D eigenvalue weighted by Crippen LogP contribution is -2.29. The van der Waals surface area contributed by atoms with Gasteiger partial charge in [0.15, 0.2) is 0 Å². The monoisotopic (exact) mass is 768 g/mol. The Labute approximate surface area is 333 Å². The second-order valence-electron chi connectivity index (χ2n) is 14.4. The maximum absolute atomic E-state index is 12.5. The number of aryl methyl sites for hydroxylation is 4. The van der Waals surface area contributed by atoms with E-state index in [0.717, 1.165) is 89.9 Å². The van der Waals surface area contributed by atoms with Gasteiger partial charge in [0.05, 0.1) is 87.3 Å². The van der Waals surface area contributed by atoms with Gasteiger partial charge in [0.2, 0.25) is 0 Å². The molecule has 2 aliphatic heterocycles. The summed E-state index contributed by atoms with van der Waals surface area (Å²) in [5.74, 6) is 1.09. The smallest absolute Gasteiger partial charge is 0.337 e. The molecular weight excluding hydrogens is 729 g/mol. The second-order valence-corrected chi connectivity index (χ2v) is 14.4. The average Bonchev–Trinajstić information content (AvgIpc) is 4.12. The maximum Gasteiger partial charge on any atom is 0.337 e. The number of H-pyrrole nitrogens is 2. The number of carbonyl (C=O) groups is 2. The SMILES string of the molecule is COC(=O)c1ccc(-c2cc3[nH]c2cc2nc(c(-c4n(C)cc[n+]4C)c4ccc([nH]4)c(-c4ccc(C(=O)OC)cc4)c4nc(c3-c3n(C)cc[n+]3C)C=C4)C=C2)cc1. The van der Waals surface area contributed by atoms with Crippen LogP contribution in [0.3, 0.4) is 0 Å². The lowest BCUT2D eigenvalue weighted by Gasteiger charge is -2.06. The van der Waals surface area contributed by atoms with Crippen molar-refractivity contribution in [2.45, 2.75) is 0 Å². The minimum Gasteiger partial charge on any atom is -0.465 e. The lowest BCUT2D eigenvalue weighted by molar-refractivity contribution is -0.659. The van der Waals surface area contributed by atoms with Crippen LogP contribution in [0.4, 0.5) is 0 Å². The van der Waals surface area contributed by atoms with Crippen LogP contribution in [0.1, 0.15) is 43.5 Å². The molecule has 5 aromatic heterocycles. The standard InChI is InChI=1S/C46H38N8O4/c1-51-21-22-52(2)43(51)41-35-16-15-31(47-35)25-38-32(27-7-11-29(12-8-27)45(55)57-5)26-39(50-38)42(44-53(3)23-24-54(44)4)37-20-18-34(49-37)40(33-17-19-36(41)48-33)28-9-13-30(14-10-28)46(56)58-6/h7-26H,1-6H3/p+2. The number of aromatic amines is 2. The van der Waals surface area contributed by atoms with Crippen molar-refractivity contribution in [1.29, 1.82) is 0 Å². The van der Waals surface area contributed by atoms with Crippen molar-refractivity contribution in [2.75, 3.05) is 14.2 Å². The summed E-state index contributed by atoms with van der Waals surface area (Å²) in [4.78, 5) is 43.0. The van der Waals surface area contributed by atoms with Crippen LogP contribution in [0.25, 0.3) is 91.4 Å². The van der Waals surface area contributed by atoms with Gasteiger partial charge in [0, 0.05) is 22.2 Å². The van der Waals surface area contributed by atoms with Crippen molar-refractivity contribution in [2.24, 2.45) is 28.2 Å². The molecule has 2 aromatic carbocycles. The molecule has 0 spiro atoms. The molecule has 0 atom stereocenters. The summed E-state index contributed by atoms with van der Waals surface area (Å²) >= 11 is 0. The second kappa shape index (κ2) is 14.2. The van der Waals surface area contributed by atoms with Crippen molar-refractivity contribution in [3.63, 3.8) is 0 Å². The van der Waals surface area contributed by atoms with Crippen LogP contribution in [-0.2, 0) is 37.7 Å². The number of esters is 2. The highest BCUT2D eigenvalue weighted by Gasteiger charge is 2.26. The largest absolute Gasteiger partial charge is 0.465 e. The molecule has 8 bridgehead atoms. The van der Waals surface area contributed by atoms with Crippen molar-refractivity contribution in [3.8, 4) is 45.0 Å². The molecular formula is C46H40N8O4+2. The van der Waals surface area contributed by atoms with Gasteiger partial charge in [-0.3, -0.25) is 0 Å². The van der Waals surface area contributed by atoms with E-state index in [1.807, 2.05) is 102 Å². The predicted octanol–water partition coefficient (Wildman–Crippen LogP) is 7.22. The van der Waals surface area contributed by atoms with Gasteiger partial charge in [-0.15, -0.1) is 0 Å². The Balaban J connectivity index is 1.44. The molecule has 0 amide bonds. The number of ether oxygens (including phenoxy) is 2. The molecule has 2 aliphatic rings. The minimum atomic E-state index is -0.405. The van der Waals surface area contributed by atoms with Gasteiger partial charge < -0.3 is 19.4 Å². The Morgan fingerprint density at radius 2 is 1.05 bits per heavy atom. The molecule has 9 rings (SSSR count). The summed E-state index contributed by atoms with van der Waals surface area (Å²) in [6.07, 6.45) is 16.2. The van der Waals surface area contributed by atoms with E-state index in [0.29, 0.717) is 11.1 Å².